The number of amides is 9. The Kier molecular flexibility index (Phi) is 16.1. The van der Waals surface area contributed by atoms with Gasteiger partial charge in [0.15, 0.2) is 0 Å². The van der Waals surface area contributed by atoms with Gasteiger partial charge in [-0.2, -0.15) is 0 Å². The van der Waals surface area contributed by atoms with Crippen molar-refractivity contribution in [2.24, 2.45) is 5.73 Å². The Morgan fingerprint density at radius 2 is 0.935 bits per heavy atom. The Balaban J connectivity index is 2.41. The summed E-state index contributed by atoms with van der Waals surface area (Å²) in [5, 5.41) is 22.1. The summed E-state index contributed by atoms with van der Waals surface area (Å²) in [6, 6.07) is -6.60. The molecule has 258 valence electrons. The first-order valence-electron chi connectivity index (χ1n) is 14.8. The summed E-state index contributed by atoms with van der Waals surface area (Å²) in [4.78, 5) is 109. The van der Waals surface area contributed by atoms with E-state index in [2.05, 4.69) is 47.9 Å². The number of carbonyl (C=O) groups is 9. The van der Waals surface area contributed by atoms with Crippen molar-refractivity contribution < 1.29 is 43.2 Å². The molecule has 7 atom stereocenters. The predicted octanol–water partition coefficient (Wildman–Crippen LogP) is -5.52. The van der Waals surface area contributed by atoms with Crippen LogP contribution in [0.25, 0.3) is 0 Å². The van der Waals surface area contributed by atoms with E-state index in [9.17, 15) is 43.2 Å². The van der Waals surface area contributed by atoms with Crippen molar-refractivity contribution >= 4 is 53.2 Å². The summed E-state index contributed by atoms with van der Waals surface area (Å²) in [6.07, 6.45) is 1.53. The van der Waals surface area contributed by atoms with Gasteiger partial charge in [0.05, 0.1) is 19.1 Å². The zero-order valence-electron chi connectivity index (χ0n) is 26.8. The Morgan fingerprint density at radius 1 is 0.565 bits per heavy atom. The molecule has 19 nitrogen and oxygen atoms in total. The van der Waals surface area contributed by atoms with Crippen LogP contribution in [0.2, 0.25) is 0 Å². The number of hydrogen-bond acceptors (Lipinski definition) is 10. The first-order valence-corrected chi connectivity index (χ1v) is 14.8. The van der Waals surface area contributed by atoms with E-state index < -0.39 is 96.6 Å². The van der Waals surface area contributed by atoms with Gasteiger partial charge in [-0.25, -0.2) is 0 Å². The van der Waals surface area contributed by atoms with Gasteiger partial charge >= 0.3 is 0 Å². The highest BCUT2D eigenvalue weighted by Gasteiger charge is 2.27. The standard InChI is InChI=1S/C27H46N10O9/c1-12(21(28)40)32-19(38)10-30-22(41)13(2)34-25(44)16(5)36-26(45)17(6)35-24(43)15(4)33-20(39)11-31-23(42)14(3)37-27(46)18-8-7-9-29-18/h12-18,29H,7-11H2,1-6H3,(H2,28,40)(H,30,41)(H,31,42)(H,32,38)(H,33,39)(H,34,44)(H,35,43)(H,36,45)(H,37,46)/t12-,13-,14-,15-,16-,17-,18-/m0/s1. The lowest BCUT2D eigenvalue weighted by molar-refractivity contribution is -0.134. The van der Waals surface area contributed by atoms with Crippen molar-refractivity contribution in [1.29, 1.82) is 0 Å². The zero-order chi connectivity index (χ0) is 35.1. The molecule has 1 fully saturated rings. The topological polar surface area (TPSA) is 288 Å². The molecule has 0 aromatic heterocycles. The van der Waals surface area contributed by atoms with E-state index >= 15 is 0 Å². The van der Waals surface area contributed by atoms with Crippen molar-refractivity contribution in [3.8, 4) is 0 Å². The first-order chi connectivity index (χ1) is 21.4. The molecule has 0 aliphatic carbocycles. The zero-order valence-corrected chi connectivity index (χ0v) is 26.8. The van der Waals surface area contributed by atoms with Crippen LogP contribution in [0, 0.1) is 0 Å². The quantitative estimate of drug-likeness (QED) is 0.0710. The van der Waals surface area contributed by atoms with Crippen molar-refractivity contribution in [3.63, 3.8) is 0 Å². The second-order valence-electron chi connectivity index (χ2n) is 11.0. The lowest BCUT2D eigenvalue weighted by Crippen LogP contribution is -2.57. The molecular formula is C27H46N10O9. The lowest BCUT2D eigenvalue weighted by atomic mass is 10.2. The molecule has 1 heterocycles. The molecule has 0 radical (unpaired) electrons. The van der Waals surface area contributed by atoms with E-state index in [-0.39, 0.29) is 11.9 Å². The van der Waals surface area contributed by atoms with Gasteiger partial charge in [-0.05, 0) is 60.9 Å². The molecule has 19 heteroatoms. The molecule has 1 rings (SSSR count). The van der Waals surface area contributed by atoms with Gasteiger partial charge in [0.25, 0.3) is 0 Å². The molecule has 0 bridgehead atoms. The molecule has 1 aliphatic heterocycles. The Labute approximate surface area is 266 Å². The fourth-order valence-electron chi connectivity index (χ4n) is 3.86. The van der Waals surface area contributed by atoms with Crippen LogP contribution in [0.15, 0.2) is 0 Å². The molecule has 46 heavy (non-hydrogen) atoms. The van der Waals surface area contributed by atoms with E-state index in [1.807, 2.05) is 0 Å². The minimum Gasteiger partial charge on any atom is -0.368 e. The average molecular weight is 655 g/mol. The average Bonchev–Trinajstić information content (AvgIpc) is 3.53. The van der Waals surface area contributed by atoms with E-state index in [4.69, 9.17) is 5.73 Å². The van der Waals surface area contributed by atoms with Gasteiger partial charge < -0.3 is 53.6 Å². The summed E-state index contributed by atoms with van der Waals surface area (Å²) in [6.45, 7) is 8.06. The van der Waals surface area contributed by atoms with E-state index in [0.717, 1.165) is 13.0 Å². The molecular weight excluding hydrogens is 608 g/mol. The Bertz CT molecular complexity index is 1170. The van der Waals surface area contributed by atoms with Crippen LogP contribution in [0.4, 0.5) is 0 Å². The van der Waals surface area contributed by atoms with Crippen molar-refractivity contribution in [3.05, 3.63) is 0 Å². The van der Waals surface area contributed by atoms with Crippen LogP contribution in [0.1, 0.15) is 54.4 Å². The van der Waals surface area contributed by atoms with Gasteiger partial charge in [0.1, 0.15) is 36.3 Å². The third-order valence-corrected chi connectivity index (χ3v) is 6.81. The minimum atomic E-state index is -1.12. The van der Waals surface area contributed by atoms with Crippen LogP contribution < -0.4 is 53.6 Å². The summed E-state index contributed by atoms with van der Waals surface area (Å²) in [5.74, 6) is -5.89. The third-order valence-electron chi connectivity index (χ3n) is 6.81. The Morgan fingerprint density at radius 3 is 1.33 bits per heavy atom. The smallest absolute Gasteiger partial charge is 0.242 e. The van der Waals surface area contributed by atoms with Crippen LogP contribution in [-0.4, -0.2) is 115 Å². The highest BCUT2D eigenvalue weighted by atomic mass is 16.2. The van der Waals surface area contributed by atoms with Gasteiger partial charge in [-0.1, -0.05) is 0 Å². The maximum absolute atomic E-state index is 12.5. The lowest BCUT2D eigenvalue weighted by Gasteiger charge is -2.22. The van der Waals surface area contributed by atoms with Gasteiger partial charge in [-0.3, -0.25) is 43.2 Å². The van der Waals surface area contributed by atoms with Gasteiger partial charge in [-0.15, -0.1) is 0 Å². The number of rotatable bonds is 17. The van der Waals surface area contributed by atoms with Gasteiger partial charge in [0, 0.05) is 0 Å². The predicted molar refractivity (Wildman–Crippen MR) is 162 cm³/mol. The van der Waals surface area contributed by atoms with Gasteiger partial charge in [0.2, 0.25) is 53.2 Å². The normalized spacial score (nSPS) is 17.7. The summed E-state index contributed by atoms with van der Waals surface area (Å²) < 4.78 is 0. The van der Waals surface area contributed by atoms with Crippen molar-refractivity contribution in [1.82, 2.24) is 47.9 Å². The molecule has 1 saturated heterocycles. The van der Waals surface area contributed by atoms with Crippen LogP contribution in [0.3, 0.4) is 0 Å². The van der Waals surface area contributed by atoms with Crippen LogP contribution in [0.5, 0.6) is 0 Å². The maximum atomic E-state index is 12.5. The SMILES string of the molecule is C[C@H](NC(=O)CNC(=O)[C@H](C)NC(=O)[C@H](C)NC(=O)[C@H](C)NC(=O)[C@H](C)NC(=O)CNC(=O)[C@H](C)NC(=O)[C@@H]1CCCN1)C(N)=O. The molecule has 11 N–H and O–H groups in total. The van der Waals surface area contributed by atoms with Crippen molar-refractivity contribution in [2.45, 2.75) is 96.7 Å². The molecule has 0 spiro atoms. The van der Waals surface area contributed by atoms with E-state index in [1.54, 1.807) is 0 Å². The monoisotopic (exact) mass is 654 g/mol. The minimum absolute atomic E-state index is 0.307. The molecule has 0 aromatic carbocycles. The first kappa shape index (κ1) is 39.2. The number of carbonyl (C=O) groups excluding carboxylic acids is 9. The molecule has 0 unspecified atom stereocenters. The summed E-state index contributed by atoms with van der Waals surface area (Å²) >= 11 is 0. The number of nitrogens with one attached hydrogen (secondary N) is 9. The number of nitrogens with two attached hydrogens (primary N) is 1. The van der Waals surface area contributed by atoms with E-state index in [0.29, 0.717) is 6.42 Å². The molecule has 9 amide bonds. The molecule has 0 aromatic rings. The highest BCUT2D eigenvalue weighted by Crippen LogP contribution is 2.04. The molecule has 0 saturated carbocycles. The summed E-state index contributed by atoms with van der Waals surface area (Å²) in [5.41, 5.74) is 5.05. The van der Waals surface area contributed by atoms with Crippen LogP contribution >= 0.6 is 0 Å². The number of hydrogen-bond donors (Lipinski definition) is 10. The largest absolute Gasteiger partial charge is 0.368 e. The fraction of sp³-hybridized carbons (Fsp3) is 0.667. The second-order valence-corrected chi connectivity index (χ2v) is 11.0. The van der Waals surface area contributed by atoms with Crippen LogP contribution in [-0.2, 0) is 43.2 Å². The van der Waals surface area contributed by atoms with E-state index in [1.165, 1.54) is 41.5 Å². The second kappa shape index (κ2) is 18.9. The third kappa shape index (κ3) is 13.9. The fourth-order valence-corrected chi connectivity index (χ4v) is 3.86. The van der Waals surface area contributed by atoms with Crippen molar-refractivity contribution in [2.75, 3.05) is 19.6 Å². The Hall–Kier alpha value is -4.81. The number of primary amides is 1. The molecule has 1 aliphatic rings. The highest BCUT2D eigenvalue weighted by molar-refractivity contribution is 5.96. The maximum Gasteiger partial charge on any atom is 0.242 e. The summed E-state index contributed by atoms with van der Waals surface area (Å²) in [7, 11) is 0.